The van der Waals surface area contributed by atoms with E-state index in [4.69, 9.17) is 14.2 Å². The summed E-state index contributed by atoms with van der Waals surface area (Å²) in [5.74, 6) is 2.01. The highest BCUT2D eigenvalue weighted by atomic mass is 16.6. The predicted octanol–water partition coefficient (Wildman–Crippen LogP) is 3.20. The van der Waals surface area contributed by atoms with Gasteiger partial charge in [-0.15, -0.1) is 0 Å². The van der Waals surface area contributed by atoms with Crippen LogP contribution in [0.3, 0.4) is 0 Å². The molecule has 0 atom stereocenters. The maximum absolute atomic E-state index is 5.90. The van der Waals surface area contributed by atoms with Crippen molar-refractivity contribution >= 4 is 0 Å². The van der Waals surface area contributed by atoms with E-state index in [9.17, 15) is 0 Å². The second-order valence-electron chi connectivity index (χ2n) is 5.12. The van der Waals surface area contributed by atoms with Crippen LogP contribution in [0.2, 0.25) is 0 Å². The standard InChI is InChI=1S/C14H21NO3/c1-9(2)16-12-7-15-8-13(17-10(3)4)14(12)18-11-5-6-11/h7-11H,5-6H2,1-4H3. The number of aromatic nitrogens is 1. The largest absolute Gasteiger partial charge is 0.485 e. The summed E-state index contributed by atoms with van der Waals surface area (Å²) in [6.07, 6.45) is 6.05. The van der Waals surface area contributed by atoms with Crippen molar-refractivity contribution in [3.63, 3.8) is 0 Å². The first-order valence-corrected chi connectivity index (χ1v) is 6.54. The fourth-order valence-electron chi connectivity index (χ4n) is 1.56. The minimum atomic E-state index is 0.0858. The molecule has 0 spiro atoms. The molecule has 1 fully saturated rings. The first kappa shape index (κ1) is 13.0. The number of rotatable bonds is 6. The van der Waals surface area contributed by atoms with Crippen molar-refractivity contribution < 1.29 is 14.2 Å². The van der Waals surface area contributed by atoms with Crippen LogP contribution in [0.25, 0.3) is 0 Å². The zero-order valence-electron chi connectivity index (χ0n) is 11.5. The first-order valence-electron chi connectivity index (χ1n) is 6.54. The van der Waals surface area contributed by atoms with E-state index in [0.717, 1.165) is 12.8 Å². The number of ether oxygens (including phenoxy) is 3. The van der Waals surface area contributed by atoms with E-state index >= 15 is 0 Å². The van der Waals surface area contributed by atoms with Gasteiger partial charge in [-0.05, 0) is 40.5 Å². The normalized spacial score (nSPS) is 15.0. The summed E-state index contributed by atoms with van der Waals surface area (Å²) in [5, 5.41) is 0. The van der Waals surface area contributed by atoms with Crippen molar-refractivity contribution in [2.75, 3.05) is 0 Å². The van der Waals surface area contributed by atoms with Crippen molar-refractivity contribution in [3.05, 3.63) is 12.4 Å². The molecule has 0 aliphatic heterocycles. The Labute approximate surface area is 108 Å². The van der Waals surface area contributed by atoms with Crippen LogP contribution in [-0.4, -0.2) is 23.3 Å². The van der Waals surface area contributed by atoms with Gasteiger partial charge >= 0.3 is 0 Å². The Hall–Kier alpha value is -1.45. The minimum Gasteiger partial charge on any atom is -0.485 e. The van der Waals surface area contributed by atoms with Gasteiger partial charge in [0.05, 0.1) is 30.7 Å². The molecule has 4 heteroatoms. The first-order chi connectivity index (χ1) is 8.56. The lowest BCUT2D eigenvalue weighted by Crippen LogP contribution is -2.12. The molecule has 1 saturated carbocycles. The summed E-state index contributed by atoms with van der Waals surface area (Å²) in [5.41, 5.74) is 0. The molecule has 1 aliphatic carbocycles. The third kappa shape index (κ3) is 3.52. The molecule has 1 aromatic rings. The Morgan fingerprint density at radius 2 is 1.50 bits per heavy atom. The molecule has 0 amide bonds. The van der Waals surface area contributed by atoms with E-state index < -0.39 is 0 Å². The zero-order chi connectivity index (χ0) is 13.1. The van der Waals surface area contributed by atoms with Crippen LogP contribution in [0.5, 0.6) is 17.2 Å². The summed E-state index contributed by atoms with van der Waals surface area (Å²) in [4.78, 5) is 4.15. The Morgan fingerprint density at radius 1 is 1.00 bits per heavy atom. The highest BCUT2D eigenvalue weighted by Crippen LogP contribution is 2.41. The third-order valence-electron chi connectivity index (χ3n) is 2.37. The van der Waals surface area contributed by atoms with Gasteiger partial charge in [-0.2, -0.15) is 0 Å². The van der Waals surface area contributed by atoms with Gasteiger partial charge in [0.2, 0.25) is 5.75 Å². The van der Waals surface area contributed by atoms with E-state index in [-0.39, 0.29) is 12.2 Å². The van der Waals surface area contributed by atoms with Crippen LogP contribution in [-0.2, 0) is 0 Å². The Balaban J connectivity index is 2.25. The molecular formula is C14H21NO3. The molecular weight excluding hydrogens is 230 g/mol. The van der Waals surface area contributed by atoms with E-state index in [1.165, 1.54) is 0 Å². The number of nitrogens with zero attached hydrogens (tertiary/aromatic N) is 1. The van der Waals surface area contributed by atoms with Gasteiger partial charge in [-0.25, -0.2) is 0 Å². The lowest BCUT2D eigenvalue weighted by Gasteiger charge is -2.18. The summed E-state index contributed by atoms with van der Waals surface area (Å²) < 4.78 is 17.4. The highest BCUT2D eigenvalue weighted by molar-refractivity contribution is 5.49. The molecule has 0 radical (unpaired) electrons. The summed E-state index contributed by atoms with van der Waals surface area (Å²) in [6.45, 7) is 7.93. The maximum Gasteiger partial charge on any atom is 0.207 e. The van der Waals surface area contributed by atoms with Crippen LogP contribution in [0, 0.1) is 0 Å². The fourth-order valence-corrected chi connectivity index (χ4v) is 1.56. The maximum atomic E-state index is 5.90. The minimum absolute atomic E-state index is 0.0858. The second kappa shape index (κ2) is 5.46. The van der Waals surface area contributed by atoms with E-state index in [0.29, 0.717) is 23.4 Å². The van der Waals surface area contributed by atoms with E-state index in [1.54, 1.807) is 12.4 Å². The van der Waals surface area contributed by atoms with Crippen LogP contribution in [0.1, 0.15) is 40.5 Å². The lowest BCUT2D eigenvalue weighted by atomic mass is 10.3. The molecule has 100 valence electrons. The van der Waals surface area contributed by atoms with Gasteiger partial charge in [0.15, 0.2) is 11.5 Å². The molecule has 1 heterocycles. The van der Waals surface area contributed by atoms with Gasteiger partial charge < -0.3 is 14.2 Å². The van der Waals surface area contributed by atoms with Gasteiger partial charge in [-0.1, -0.05) is 0 Å². The molecule has 0 aromatic carbocycles. The van der Waals surface area contributed by atoms with E-state index in [2.05, 4.69) is 4.98 Å². The monoisotopic (exact) mass is 251 g/mol. The Morgan fingerprint density at radius 3 is 1.89 bits per heavy atom. The molecule has 4 nitrogen and oxygen atoms in total. The molecule has 2 rings (SSSR count). The van der Waals surface area contributed by atoms with Crippen LogP contribution >= 0.6 is 0 Å². The van der Waals surface area contributed by atoms with Crippen molar-refractivity contribution in [2.45, 2.75) is 58.8 Å². The summed E-state index contributed by atoms with van der Waals surface area (Å²) in [6, 6.07) is 0. The van der Waals surface area contributed by atoms with Crippen molar-refractivity contribution in [2.24, 2.45) is 0 Å². The van der Waals surface area contributed by atoms with Gasteiger partial charge in [-0.3, -0.25) is 4.98 Å². The zero-order valence-corrected chi connectivity index (χ0v) is 11.5. The van der Waals surface area contributed by atoms with Gasteiger partial charge in [0, 0.05) is 0 Å². The SMILES string of the molecule is CC(C)Oc1cncc(OC(C)C)c1OC1CC1. The van der Waals surface area contributed by atoms with Crippen LogP contribution in [0.4, 0.5) is 0 Å². The highest BCUT2D eigenvalue weighted by Gasteiger charge is 2.27. The number of pyridine rings is 1. The Kier molecular flexibility index (Phi) is 3.94. The molecule has 0 unspecified atom stereocenters. The third-order valence-corrected chi connectivity index (χ3v) is 2.37. The summed E-state index contributed by atoms with van der Waals surface area (Å²) >= 11 is 0. The van der Waals surface area contributed by atoms with Crippen LogP contribution in [0.15, 0.2) is 12.4 Å². The lowest BCUT2D eigenvalue weighted by molar-refractivity contribution is 0.192. The number of hydrogen-bond donors (Lipinski definition) is 0. The smallest absolute Gasteiger partial charge is 0.207 e. The average molecular weight is 251 g/mol. The quantitative estimate of drug-likeness (QED) is 0.778. The van der Waals surface area contributed by atoms with Crippen molar-refractivity contribution in [3.8, 4) is 17.2 Å². The second-order valence-corrected chi connectivity index (χ2v) is 5.12. The average Bonchev–Trinajstić information content (AvgIpc) is 3.05. The fraction of sp³-hybridized carbons (Fsp3) is 0.643. The van der Waals surface area contributed by atoms with Gasteiger partial charge in [0.25, 0.3) is 0 Å². The Bertz CT molecular complexity index is 372. The van der Waals surface area contributed by atoms with Gasteiger partial charge in [0.1, 0.15) is 0 Å². The number of hydrogen-bond acceptors (Lipinski definition) is 4. The molecule has 0 bridgehead atoms. The molecule has 1 aromatic heterocycles. The van der Waals surface area contributed by atoms with Crippen LogP contribution < -0.4 is 14.2 Å². The van der Waals surface area contributed by atoms with Crippen molar-refractivity contribution in [1.82, 2.24) is 4.98 Å². The summed E-state index contributed by atoms with van der Waals surface area (Å²) in [7, 11) is 0. The topological polar surface area (TPSA) is 40.6 Å². The van der Waals surface area contributed by atoms with Crippen molar-refractivity contribution in [1.29, 1.82) is 0 Å². The van der Waals surface area contributed by atoms with E-state index in [1.807, 2.05) is 27.7 Å². The molecule has 0 N–H and O–H groups in total. The predicted molar refractivity (Wildman–Crippen MR) is 69.4 cm³/mol. The molecule has 18 heavy (non-hydrogen) atoms. The molecule has 0 saturated heterocycles. The molecule has 1 aliphatic rings.